The fourth-order valence-corrected chi connectivity index (χ4v) is 3.12. The summed E-state index contributed by atoms with van der Waals surface area (Å²) in [5.74, 6) is 0.798. The Labute approximate surface area is 151 Å². The van der Waals surface area contributed by atoms with Crippen LogP contribution in [0.25, 0.3) is 0 Å². The fourth-order valence-electron chi connectivity index (χ4n) is 3.12. The van der Waals surface area contributed by atoms with Crippen molar-refractivity contribution in [1.82, 2.24) is 0 Å². The van der Waals surface area contributed by atoms with Gasteiger partial charge in [0.05, 0.1) is 5.92 Å². The molecule has 0 saturated carbocycles. The van der Waals surface area contributed by atoms with Crippen LogP contribution in [-0.4, -0.2) is 31.6 Å². The van der Waals surface area contributed by atoms with Crippen molar-refractivity contribution >= 4 is 17.6 Å². The number of anilines is 1. The molecule has 1 unspecified atom stereocenters. The molecule has 0 aromatic heterocycles. The maximum Gasteiger partial charge on any atom is 0.316 e. The molecule has 4 rings (SSSR count). The molecule has 0 N–H and O–H groups in total. The van der Waals surface area contributed by atoms with Crippen molar-refractivity contribution < 1.29 is 23.8 Å². The highest BCUT2D eigenvalue weighted by Gasteiger charge is 2.36. The van der Waals surface area contributed by atoms with E-state index in [1.54, 1.807) is 35.2 Å². The van der Waals surface area contributed by atoms with E-state index in [1.807, 2.05) is 19.1 Å². The molecule has 0 bridgehead atoms. The highest BCUT2D eigenvalue weighted by atomic mass is 16.6. The quantitative estimate of drug-likeness (QED) is 0.627. The van der Waals surface area contributed by atoms with Crippen molar-refractivity contribution in [3.8, 4) is 17.2 Å². The van der Waals surface area contributed by atoms with Crippen LogP contribution in [0.5, 0.6) is 17.2 Å². The number of amides is 1. The lowest BCUT2D eigenvalue weighted by Gasteiger charge is -2.22. The molecule has 1 fully saturated rings. The number of hydrogen-bond acceptors (Lipinski definition) is 5. The summed E-state index contributed by atoms with van der Waals surface area (Å²) in [5.41, 5.74) is 1.79. The lowest BCUT2D eigenvalue weighted by Crippen LogP contribution is -2.27. The molecule has 2 aromatic rings. The summed E-state index contributed by atoms with van der Waals surface area (Å²) in [6.07, 6.45) is 0.138. The SMILES string of the molecule is Cc1ccc(OC(=O)C2CC(=O)N(c3ccc4c(c3)OCCO4)C2)cc1. The van der Waals surface area contributed by atoms with Gasteiger partial charge in [-0.25, -0.2) is 0 Å². The van der Waals surface area contributed by atoms with E-state index in [4.69, 9.17) is 14.2 Å². The van der Waals surface area contributed by atoms with Crippen molar-refractivity contribution in [2.75, 3.05) is 24.7 Å². The minimum atomic E-state index is -0.489. The van der Waals surface area contributed by atoms with Gasteiger partial charge in [-0.2, -0.15) is 0 Å². The summed E-state index contributed by atoms with van der Waals surface area (Å²) in [5, 5.41) is 0. The van der Waals surface area contributed by atoms with E-state index in [-0.39, 0.29) is 18.3 Å². The number of aryl methyl sites for hydroxylation is 1. The summed E-state index contributed by atoms with van der Waals surface area (Å²) in [6.45, 7) is 3.26. The summed E-state index contributed by atoms with van der Waals surface area (Å²) < 4.78 is 16.5. The number of carbonyl (C=O) groups excluding carboxylic acids is 2. The molecule has 0 aliphatic carbocycles. The number of fused-ring (bicyclic) bond motifs is 1. The molecule has 1 atom stereocenters. The van der Waals surface area contributed by atoms with Crippen LogP contribution in [0.15, 0.2) is 42.5 Å². The normalized spacial score (nSPS) is 18.7. The van der Waals surface area contributed by atoms with Crippen LogP contribution >= 0.6 is 0 Å². The molecule has 6 heteroatoms. The molecule has 134 valence electrons. The Hall–Kier alpha value is -3.02. The van der Waals surface area contributed by atoms with Gasteiger partial charge in [0.2, 0.25) is 5.91 Å². The standard InChI is InChI=1S/C20H19NO5/c1-13-2-5-16(6-3-13)26-20(23)14-10-19(22)21(12-14)15-4-7-17-18(11-15)25-9-8-24-17/h2-7,11,14H,8-10,12H2,1H3. The van der Waals surface area contributed by atoms with E-state index in [1.165, 1.54) is 0 Å². The van der Waals surface area contributed by atoms with Crippen LogP contribution in [0.1, 0.15) is 12.0 Å². The van der Waals surface area contributed by atoms with E-state index >= 15 is 0 Å². The van der Waals surface area contributed by atoms with Gasteiger partial charge in [0.25, 0.3) is 0 Å². The summed E-state index contributed by atoms with van der Waals surface area (Å²) in [6, 6.07) is 12.6. The number of ether oxygens (including phenoxy) is 3. The monoisotopic (exact) mass is 353 g/mol. The first-order valence-corrected chi connectivity index (χ1v) is 8.58. The first kappa shape index (κ1) is 16.4. The third-order valence-electron chi connectivity index (χ3n) is 4.54. The smallest absolute Gasteiger partial charge is 0.316 e. The van der Waals surface area contributed by atoms with Crippen molar-refractivity contribution in [2.24, 2.45) is 5.92 Å². The highest BCUT2D eigenvalue weighted by molar-refractivity contribution is 6.00. The molecule has 1 amide bonds. The summed E-state index contributed by atoms with van der Waals surface area (Å²) >= 11 is 0. The van der Waals surface area contributed by atoms with Crippen LogP contribution in [0.4, 0.5) is 5.69 Å². The zero-order valence-electron chi connectivity index (χ0n) is 14.4. The van der Waals surface area contributed by atoms with E-state index in [0.29, 0.717) is 42.7 Å². The number of benzene rings is 2. The van der Waals surface area contributed by atoms with Gasteiger partial charge < -0.3 is 19.1 Å². The topological polar surface area (TPSA) is 65.1 Å². The average Bonchev–Trinajstić information content (AvgIpc) is 3.05. The van der Waals surface area contributed by atoms with Crippen LogP contribution in [0.2, 0.25) is 0 Å². The molecule has 2 aliphatic rings. The molecule has 0 radical (unpaired) electrons. The third kappa shape index (κ3) is 3.22. The number of esters is 1. The second-order valence-electron chi connectivity index (χ2n) is 6.47. The minimum Gasteiger partial charge on any atom is -0.486 e. The largest absolute Gasteiger partial charge is 0.486 e. The first-order valence-electron chi connectivity index (χ1n) is 8.58. The van der Waals surface area contributed by atoms with Crippen molar-refractivity contribution in [2.45, 2.75) is 13.3 Å². The van der Waals surface area contributed by atoms with Gasteiger partial charge in [-0.05, 0) is 31.2 Å². The second kappa shape index (κ2) is 6.71. The predicted octanol–water partition coefficient (Wildman–Crippen LogP) is 2.72. The minimum absolute atomic E-state index is 0.104. The third-order valence-corrected chi connectivity index (χ3v) is 4.54. The van der Waals surface area contributed by atoms with Crippen molar-refractivity contribution in [1.29, 1.82) is 0 Å². The summed E-state index contributed by atoms with van der Waals surface area (Å²) in [7, 11) is 0. The van der Waals surface area contributed by atoms with E-state index in [0.717, 1.165) is 5.56 Å². The fraction of sp³-hybridized carbons (Fsp3) is 0.300. The number of carbonyl (C=O) groups is 2. The van der Waals surface area contributed by atoms with E-state index in [9.17, 15) is 9.59 Å². The Kier molecular flexibility index (Phi) is 4.24. The first-order chi connectivity index (χ1) is 12.6. The Bertz CT molecular complexity index is 846. The van der Waals surface area contributed by atoms with Crippen LogP contribution in [0, 0.1) is 12.8 Å². The molecule has 6 nitrogen and oxygen atoms in total. The van der Waals surface area contributed by atoms with Crippen molar-refractivity contribution in [3.63, 3.8) is 0 Å². The predicted molar refractivity (Wildman–Crippen MR) is 94.7 cm³/mol. The lowest BCUT2D eigenvalue weighted by molar-refractivity contribution is -0.139. The maximum absolute atomic E-state index is 12.4. The van der Waals surface area contributed by atoms with Gasteiger partial charge in [-0.15, -0.1) is 0 Å². The number of rotatable bonds is 3. The molecule has 2 aromatic carbocycles. The molecule has 26 heavy (non-hydrogen) atoms. The van der Waals surface area contributed by atoms with Gasteiger partial charge in [-0.3, -0.25) is 9.59 Å². The van der Waals surface area contributed by atoms with Crippen LogP contribution in [-0.2, 0) is 9.59 Å². The molecule has 2 aliphatic heterocycles. The van der Waals surface area contributed by atoms with Crippen LogP contribution < -0.4 is 19.1 Å². The van der Waals surface area contributed by atoms with Crippen LogP contribution in [0.3, 0.4) is 0 Å². The Balaban J connectivity index is 1.46. The second-order valence-corrected chi connectivity index (χ2v) is 6.47. The molecule has 0 spiro atoms. The zero-order chi connectivity index (χ0) is 18.1. The zero-order valence-corrected chi connectivity index (χ0v) is 14.4. The van der Waals surface area contributed by atoms with Crippen molar-refractivity contribution in [3.05, 3.63) is 48.0 Å². The summed E-state index contributed by atoms with van der Waals surface area (Å²) in [4.78, 5) is 26.4. The lowest BCUT2D eigenvalue weighted by atomic mass is 10.1. The van der Waals surface area contributed by atoms with Gasteiger partial charge in [0.15, 0.2) is 11.5 Å². The number of nitrogens with zero attached hydrogens (tertiary/aromatic N) is 1. The number of hydrogen-bond donors (Lipinski definition) is 0. The Morgan fingerprint density at radius 1 is 1.08 bits per heavy atom. The molecule has 1 saturated heterocycles. The van der Waals surface area contributed by atoms with E-state index < -0.39 is 5.92 Å². The average molecular weight is 353 g/mol. The molecular weight excluding hydrogens is 334 g/mol. The van der Waals surface area contributed by atoms with E-state index in [2.05, 4.69) is 0 Å². The molecular formula is C20H19NO5. The highest BCUT2D eigenvalue weighted by Crippen LogP contribution is 2.36. The van der Waals surface area contributed by atoms with Gasteiger partial charge in [0, 0.05) is 24.7 Å². The van der Waals surface area contributed by atoms with Gasteiger partial charge in [0.1, 0.15) is 19.0 Å². The Morgan fingerprint density at radius 2 is 1.81 bits per heavy atom. The van der Waals surface area contributed by atoms with Gasteiger partial charge >= 0.3 is 5.97 Å². The Morgan fingerprint density at radius 3 is 2.58 bits per heavy atom. The van der Waals surface area contributed by atoms with Gasteiger partial charge in [-0.1, -0.05) is 17.7 Å². The molecule has 2 heterocycles. The maximum atomic E-state index is 12.4.